The van der Waals surface area contributed by atoms with Gasteiger partial charge in [-0.2, -0.15) is 0 Å². The average Bonchev–Trinajstić information content (AvgIpc) is 3.11. The van der Waals surface area contributed by atoms with Gasteiger partial charge in [0.1, 0.15) is 11.3 Å². The van der Waals surface area contributed by atoms with Gasteiger partial charge in [0.15, 0.2) is 0 Å². The number of ether oxygens (including phenoxy) is 1. The molecule has 1 aliphatic rings. The van der Waals surface area contributed by atoms with Crippen molar-refractivity contribution in [3.63, 3.8) is 0 Å². The van der Waals surface area contributed by atoms with Crippen LogP contribution in [0.3, 0.4) is 0 Å². The summed E-state index contributed by atoms with van der Waals surface area (Å²) in [5, 5.41) is 11.2. The van der Waals surface area contributed by atoms with Gasteiger partial charge in [0.25, 0.3) is 11.6 Å². The molecule has 7 nitrogen and oxygen atoms in total. The number of benzene rings is 2. The molecule has 0 radical (unpaired) electrons. The van der Waals surface area contributed by atoms with Crippen molar-refractivity contribution < 1.29 is 14.5 Å². The molecule has 1 unspecified atom stereocenters. The number of carbonyl (C=O) groups is 1. The largest absolute Gasteiger partial charge is 0.497 e. The van der Waals surface area contributed by atoms with Crippen LogP contribution in [0.25, 0.3) is 0 Å². The Kier molecular flexibility index (Phi) is 4.56. The lowest BCUT2D eigenvalue weighted by molar-refractivity contribution is -0.385. The molecule has 1 aliphatic heterocycles. The van der Waals surface area contributed by atoms with Crippen LogP contribution in [0, 0.1) is 10.1 Å². The molecule has 0 aromatic heterocycles. The minimum atomic E-state index is -0.569. The number of hydrogen-bond donors (Lipinski definition) is 1. The molecule has 25 heavy (non-hydrogen) atoms. The maximum atomic E-state index is 12.8. The SMILES string of the molecule is COc1ccc(C2CCN(C(=O)c3c(N)cccc3[N+](=O)[O-])C2)cc1. The standard InChI is InChI=1S/C18H19N3O4/c1-25-14-7-5-12(6-8-14)13-9-10-20(11-13)18(22)17-15(19)3-2-4-16(17)21(23)24/h2-8,13H,9-11,19H2,1H3. The van der Waals surface area contributed by atoms with Gasteiger partial charge in [0.2, 0.25) is 0 Å². The molecule has 7 heteroatoms. The Morgan fingerprint density at radius 3 is 2.64 bits per heavy atom. The van der Waals surface area contributed by atoms with Gasteiger partial charge in [-0.05, 0) is 30.2 Å². The summed E-state index contributed by atoms with van der Waals surface area (Å²) in [5.41, 5.74) is 6.81. The highest BCUT2D eigenvalue weighted by Crippen LogP contribution is 2.32. The van der Waals surface area contributed by atoms with E-state index in [1.807, 2.05) is 24.3 Å². The van der Waals surface area contributed by atoms with Crippen LogP contribution in [0.4, 0.5) is 11.4 Å². The summed E-state index contributed by atoms with van der Waals surface area (Å²) in [6, 6.07) is 12.0. The Balaban J connectivity index is 1.80. The number of nitrogens with zero attached hydrogens (tertiary/aromatic N) is 2. The molecule has 0 saturated carbocycles. The molecule has 3 rings (SSSR count). The molecule has 130 valence electrons. The average molecular weight is 341 g/mol. The summed E-state index contributed by atoms with van der Waals surface area (Å²) in [5.74, 6) is 0.585. The Hall–Kier alpha value is -3.09. The van der Waals surface area contributed by atoms with Crippen molar-refractivity contribution in [1.82, 2.24) is 4.90 Å². The molecule has 0 aliphatic carbocycles. The van der Waals surface area contributed by atoms with Gasteiger partial charge >= 0.3 is 0 Å². The van der Waals surface area contributed by atoms with Gasteiger partial charge in [-0.15, -0.1) is 0 Å². The van der Waals surface area contributed by atoms with Crippen LogP contribution >= 0.6 is 0 Å². The van der Waals surface area contributed by atoms with Crippen molar-refractivity contribution in [2.24, 2.45) is 0 Å². The van der Waals surface area contributed by atoms with Crippen LogP contribution in [0.15, 0.2) is 42.5 Å². The lowest BCUT2D eigenvalue weighted by Crippen LogP contribution is -2.29. The molecule has 1 heterocycles. The number of carbonyl (C=O) groups excluding carboxylic acids is 1. The Labute approximate surface area is 145 Å². The van der Waals surface area contributed by atoms with Gasteiger partial charge in [0, 0.05) is 25.1 Å². The number of rotatable bonds is 4. The highest BCUT2D eigenvalue weighted by atomic mass is 16.6. The number of nitro benzene ring substituents is 1. The van der Waals surface area contributed by atoms with E-state index in [1.165, 1.54) is 18.2 Å². The number of hydrogen-bond acceptors (Lipinski definition) is 5. The molecule has 1 atom stereocenters. The summed E-state index contributed by atoms with van der Waals surface area (Å²) in [4.78, 5) is 25.1. The summed E-state index contributed by atoms with van der Waals surface area (Å²) in [7, 11) is 1.61. The van der Waals surface area contributed by atoms with Crippen molar-refractivity contribution in [2.75, 3.05) is 25.9 Å². The first-order chi connectivity index (χ1) is 12.0. The minimum absolute atomic E-state index is 0.0251. The fourth-order valence-corrected chi connectivity index (χ4v) is 3.19. The van der Waals surface area contributed by atoms with Crippen molar-refractivity contribution in [3.8, 4) is 5.75 Å². The third-order valence-electron chi connectivity index (χ3n) is 4.55. The molecular weight excluding hydrogens is 322 g/mol. The number of likely N-dealkylation sites (tertiary alicyclic amines) is 1. The van der Waals surface area contributed by atoms with Gasteiger partial charge in [0.05, 0.1) is 17.7 Å². The van der Waals surface area contributed by atoms with E-state index >= 15 is 0 Å². The van der Waals surface area contributed by atoms with Crippen LogP contribution in [-0.2, 0) is 0 Å². The minimum Gasteiger partial charge on any atom is -0.497 e. The number of amides is 1. The normalized spacial score (nSPS) is 16.7. The van der Waals surface area contributed by atoms with Gasteiger partial charge in [-0.1, -0.05) is 18.2 Å². The van der Waals surface area contributed by atoms with E-state index in [1.54, 1.807) is 12.0 Å². The predicted octanol–water partition coefficient (Wildman–Crippen LogP) is 2.82. The van der Waals surface area contributed by atoms with Crippen LogP contribution in [0.1, 0.15) is 28.3 Å². The third kappa shape index (κ3) is 3.26. The zero-order valence-corrected chi connectivity index (χ0v) is 13.8. The summed E-state index contributed by atoms with van der Waals surface area (Å²) < 4.78 is 5.16. The second kappa shape index (κ2) is 6.80. The van der Waals surface area contributed by atoms with E-state index in [-0.39, 0.29) is 28.8 Å². The van der Waals surface area contributed by atoms with Crippen LogP contribution in [0.5, 0.6) is 5.75 Å². The van der Waals surface area contributed by atoms with Crippen molar-refractivity contribution in [1.29, 1.82) is 0 Å². The zero-order chi connectivity index (χ0) is 18.0. The molecule has 2 aromatic carbocycles. The van der Waals surface area contributed by atoms with Crippen molar-refractivity contribution in [3.05, 3.63) is 63.7 Å². The van der Waals surface area contributed by atoms with Gasteiger partial charge < -0.3 is 15.4 Å². The smallest absolute Gasteiger partial charge is 0.284 e. The predicted molar refractivity (Wildman–Crippen MR) is 93.8 cm³/mol. The quantitative estimate of drug-likeness (QED) is 0.524. The number of nitrogen functional groups attached to an aromatic ring is 1. The second-order valence-electron chi connectivity index (χ2n) is 6.01. The highest BCUT2D eigenvalue weighted by Gasteiger charge is 2.32. The summed E-state index contributed by atoms with van der Waals surface area (Å²) in [6.45, 7) is 1.05. The van der Waals surface area contributed by atoms with Gasteiger partial charge in [-0.3, -0.25) is 14.9 Å². The Morgan fingerprint density at radius 2 is 2.00 bits per heavy atom. The molecule has 1 saturated heterocycles. The molecule has 0 spiro atoms. The first-order valence-corrected chi connectivity index (χ1v) is 7.97. The monoisotopic (exact) mass is 341 g/mol. The fraction of sp³-hybridized carbons (Fsp3) is 0.278. The second-order valence-corrected chi connectivity index (χ2v) is 6.01. The topological polar surface area (TPSA) is 98.7 Å². The Morgan fingerprint density at radius 1 is 1.28 bits per heavy atom. The first-order valence-electron chi connectivity index (χ1n) is 7.97. The van der Waals surface area contributed by atoms with E-state index in [4.69, 9.17) is 10.5 Å². The molecule has 0 bridgehead atoms. The molecule has 1 fully saturated rings. The third-order valence-corrected chi connectivity index (χ3v) is 4.55. The van der Waals surface area contributed by atoms with Crippen LogP contribution in [0.2, 0.25) is 0 Å². The summed E-state index contributed by atoms with van der Waals surface area (Å²) in [6.07, 6.45) is 0.804. The fourth-order valence-electron chi connectivity index (χ4n) is 3.19. The molecular formula is C18H19N3O4. The van der Waals surface area contributed by atoms with Crippen molar-refractivity contribution in [2.45, 2.75) is 12.3 Å². The van der Waals surface area contributed by atoms with Crippen LogP contribution < -0.4 is 10.5 Å². The van der Waals surface area contributed by atoms with E-state index in [2.05, 4.69) is 0 Å². The van der Waals surface area contributed by atoms with E-state index in [9.17, 15) is 14.9 Å². The molecule has 2 aromatic rings. The van der Waals surface area contributed by atoms with Crippen LogP contribution in [-0.4, -0.2) is 35.9 Å². The summed E-state index contributed by atoms with van der Waals surface area (Å²) >= 11 is 0. The van der Waals surface area contributed by atoms with Gasteiger partial charge in [-0.25, -0.2) is 0 Å². The number of methoxy groups -OCH3 is 1. The number of nitro groups is 1. The molecule has 2 N–H and O–H groups in total. The van der Waals surface area contributed by atoms with E-state index < -0.39 is 4.92 Å². The van der Waals surface area contributed by atoms with Crippen molar-refractivity contribution >= 4 is 17.3 Å². The number of nitrogens with two attached hydrogens (primary N) is 1. The lowest BCUT2D eigenvalue weighted by atomic mass is 9.98. The molecule has 1 amide bonds. The number of anilines is 1. The lowest BCUT2D eigenvalue weighted by Gasteiger charge is -2.18. The maximum absolute atomic E-state index is 12.8. The van der Waals surface area contributed by atoms with E-state index in [0.717, 1.165) is 17.7 Å². The highest BCUT2D eigenvalue weighted by molar-refractivity contribution is 6.03. The first kappa shape index (κ1) is 16.8. The van der Waals surface area contributed by atoms with E-state index in [0.29, 0.717) is 13.1 Å². The zero-order valence-electron chi connectivity index (χ0n) is 13.8. The Bertz CT molecular complexity index is 804. The maximum Gasteiger partial charge on any atom is 0.284 e.